The number of aryl methyl sites for hydroxylation is 2. The number of nitrogens with one attached hydrogen (secondary N) is 2. The molecule has 0 bridgehead atoms. The molecule has 0 aliphatic rings. The molecule has 0 saturated heterocycles. The van der Waals surface area contributed by atoms with Crippen LogP contribution in [0.2, 0.25) is 5.02 Å². The van der Waals surface area contributed by atoms with Gasteiger partial charge in [-0.2, -0.15) is 0 Å². The molecule has 0 radical (unpaired) electrons. The Bertz CT molecular complexity index is 906. The first kappa shape index (κ1) is 18.0. The number of amides is 1. The van der Waals surface area contributed by atoms with Crippen molar-refractivity contribution >= 4 is 34.7 Å². The second-order valence-corrected chi connectivity index (χ2v) is 6.64. The number of rotatable bonds is 5. The van der Waals surface area contributed by atoms with Crippen molar-refractivity contribution in [1.82, 2.24) is 4.98 Å². The summed E-state index contributed by atoms with van der Waals surface area (Å²) in [6.45, 7) is 3.98. The fourth-order valence-corrected chi connectivity index (χ4v) is 2.64. The monoisotopic (exact) mass is 365 g/mol. The third kappa shape index (κ3) is 4.83. The molecule has 3 aromatic rings. The minimum Gasteiger partial charge on any atom is -0.340 e. The van der Waals surface area contributed by atoms with Crippen molar-refractivity contribution in [3.8, 4) is 0 Å². The number of carbonyl (C=O) groups is 1. The molecule has 0 atom stereocenters. The molecule has 0 saturated carbocycles. The predicted molar refractivity (Wildman–Crippen MR) is 107 cm³/mol. The standard InChI is InChI=1S/C21H20ClN3O/c1-14-3-6-16(7-4-14)11-21(26)25-18-9-10-20(23-13-18)24-17-8-5-15(2)19(22)12-17/h3-10,12-13H,11H2,1-2H3,(H,23,24)(H,25,26). The Balaban J connectivity index is 1.59. The fraction of sp³-hybridized carbons (Fsp3) is 0.143. The van der Waals surface area contributed by atoms with Crippen molar-refractivity contribution in [2.45, 2.75) is 20.3 Å². The van der Waals surface area contributed by atoms with Gasteiger partial charge in [0, 0.05) is 10.7 Å². The molecule has 1 amide bonds. The van der Waals surface area contributed by atoms with Crippen LogP contribution in [0.5, 0.6) is 0 Å². The highest BCUT2D eigenvalue weighted by Crippen LogP contribution is 2.22. The quantitative estimate of drug-likeness (QED) is 0.647. The molecule has 2 N–H and O–H groups in total. The molecule has 3 rings (SSSR count). The van der Waals surface area contributed by atoms with Crippen molar-refractivity contribution in [3.05, 3.63) is 82.5 Å². The first-order chi connectivity index (χ1) is 12.5. The third-order valence-electron chi connectivity index (χ3n) is 3.98. The number of carbonyl (C=O) groups excluding carboxylic acids is 1. The Morgan fingerprint density at radius 3 is 2.38 bits per heavy atom. The van der Waals surface area contributed by atoms with Gasteiger partial charge in [0.2, 0.25) is 5.91 Å². The van der Waals surface area contributed by atoms with Crippen molar-refractivity contribution in [2.75, 3.05) is 10.6 Å². The molecule has 0 unspecified atom stereocenters. The normalized spacial score (nSPS) is 10.4. The van der Waals surface area contributed by atoms with Crippen LogP contribution in [-0.4, -0.2) is 10.9 Å². The summed E-state index contributed by atoms with van der Waals surface area (Å²) in [6, 6.07) is 17.3. The number of hydrogen-bond acceptors (Lipinski definition) is 3. The van der Waals surface area contributed by atoms with Gasteiger partial charge in [-0.25, -0.2) is 4.98 Å². The summed E-state index contributed by atoms with van der Waals surface area (Å²) >= 11 is 6.13. The van der Waals surface area contributed by atoms with Crippen LogP contribution in [0, 0.1) is 13.8 Å². The lowest BCUT2D eigenvalue weighted by atomic mass is 10.1. The Kier molecular flexibility index (Phi) is 5.54. The molecule has 132 valence electrons. The number of hydrogen-bond donors (Lipinski definition) is 2. The number of nitrogens with zero attached hydrogens (tertiary/aromatic N) is 1. The van der Waals surface area contributed by atoms with E-state index in [0.29, 0.717) is 22.9 Å². The minimum atomic E-state index is -0.0679. The molecule has 1 aromatic heterocycles. The van der Waals surface area contributed by atoms with Crippen molar-refractivity contribution in [2.24, 2.45) is 0 Å². The fourth-order valence-electron chi connectivity index (χ4n) is 2.46. The lowest BCUT2D eigenvalue weighted by molar-refractivity contribution is -0.115. The zero-order valence-corrected chi connectivity index (χ0v) is 15.5. The van der Waals surface area contributed by atoms with Gasteiger partial charge >= 0.3 is 0 Å². The van der Waals surface area contributed by atoms with Crippen LogP contribution in [0.1, 0.15) is 16.7 Å². The molecule has 2 aromatic carbocycles. The Labute approximate surface area is 158 Å². The molecular weight excluding hydrogens is 346 g/mol. The van der Waals surface area contributed by atoms with Crippen LogP contribution < -0.4 is 10.6 Å². The Morgan fingerprint density at radius 1 is 1.00 bits per heavy atom. The van der Waals surface area contributed by atoms with E-state index in [1.165, 1.54) is 5.56 Å². The summed E-state index contributed by atoms with van der Waals surface area (Å²) in [4.78, 5) is 16.5. The summed E-state index contributed by atoms with van der Waals surface area (Å²) in [6.07, 6.45) is 1.97. The van der Waals surface area contributed by atoms with E-state index in [1.54, 1.807) is 6.20 Å². The number of halogens is 1. The van der Waals surface area contributed by atoms with Gasteiger partial charge in [0.05, 0.1) is 18.3 Å². The van der Waals surface area contributed by atoms with E-state index >= 15 is 0 Å². The topological polar surface area (TPSA) is 54.0 Å². The SMILES string of the molecule is Cc1ccc(CC(=O)Nc2ccc(Nc3ccc(C)c(Cl)c3)nc2)cc1. The van der Waals surface area contributed by atoms with E-state index < -0.39 is 0 Å². The maximum absolute atomic E-state index is 12.1. The molecule has 5 heteroatoms. The molecular formula is C21H20ClN3O. The van der Waals surface area contributed by atoms with E-state index in [-0.39, 0.29) is 5.91 Å². The van der Waals surface area contributed by atoms with E-state index in [1.807, 2.05) is 68.4 Å². The molecule has 26 heavy (non-hydrogen) atoms. The first-order valence-corrected chi connectivity index (χ1v) is 8.72. The van der Waals surface area contributed by atoms with Gasteiger partial charge < -0.3 is 10.6 Å². The van der Waals surface area contributed by atoms with Gasteiger partial charge in [-0.15, -0.1) is 0 Å². The molecule has 0 aliphatic heterocycles. The van der Waals surface area contributed by atoms with Gasteiger partial charge in [-0.3, -0.25) is 4.79 Å². The maximum Gasteiger partial charge on any atom is 0.228 e. The highest BCUT2D eigenvalue weighted by atomic mass is 35.5. The average Bonchev–Trinajstić information content (AvgIpc) is 2.62. The van der Waals surface area contributed by atoms with Crippen molar-refractivity contribution < 1.29 is 4.79 Å². The third-order valence-corrected chi connectivity index (χ3v) is 4.38. The van der Waals surface area contributed by atoms with Crippen LogP contribution in [-0.2, 0) is 11.2 Å². The minimum absolute atomic E-state index is 0.0679. The zero-order chi connectivity index (χ0) is 18.5. The summed E-state index contributed by atoms with van der Waals surface area (Å²) in [5.41, 5.74) is 4.71. The summed E-state index contributed by atoms with van der Waals surface area (Å²) in [5.74, 6) is 0.614. The maximum atomic E-state index is 12.1. The highest BCUT2D eigenvalue weighted by molar-refractivity contribution is 6.31. The molecule has 4 nitrogen and oxygen atoms in total. The van der Waals surface area contributed by atoms with Gasteiger partial charge in [-0.05, 0) is 49.2 Å². The molecule has 0 spiro atoms. The van der Waals surface area contributed by atoms with Gasteiger partial charge in [0.15, 0.2) is 0 Å². The predicted octanol–water partition coefficient (Wildman–Crippen LogP) is 5.28. The van der Waals surface area contributed by atoms with Gasteiger partial charge in [-0.1, -0.05) is 47.5 Å². The summed E-state index contributed by atoms with van der Waals surface area (Å²) in [7, 11) is 0. The Hall–Kier alpha value is -2.85. The van der Waals surface area contributed by atoms with Crippen LogP contribution in [0.4, 0.5) is 17.2 Å². The number of benzene rings is 2. The highest BCUT2D eigenvalue weighted by Gasteiger charge is 2.05. The van der Waals surface area contributed by atoms with E-state index in [2.05, 4.69) is 15.6 Å². The van der Waals surface area contributed by atoms with Crippen LogP contribution in [0.25, 0.3) is 0 Å². The largest absolute Gasteiger partial charge is 0.340 e. The van der Waals surface area contributed by atoms with Crippen molar-refractivity contribution in [1.29, 1.82) is 0 Å². The second-order valence-electron chi connectivity index (χ2n) is 6.23. The van der Waals surface area contributed by atoms with E-state index in [4.69, 9.17) is 11.6 Å². The van der Waals surface area contributed by atoms with Crippen molar-refractivity contribution in [3.63, 3.8) is 0 Å². The second kappa shape index (κ2) is 8.02. The van der Waals surface area contributed by atoms with Gasteiger partial charge in [0.1, 0.15) is 5.82 Å². The first-order valence-electron chi connectivity index (χ1n) is 8.34. The molecule has 1 heterocycles. The molecule has 0 fully saturated rings. The van der Waals surface area contributed by atoms with Crippen LogP contribution in [0.3, 0.4) is 0 Å². The number of anilines is 3. The summed E-state index contributed by atoms with van der Waals surface area (Å²) in [5, 5.41) is 6.76. The Morgan fingerprint density at radius 2 is 1.73 bits per heavy atom. The van der Waals surface area contributed by atoms with Gasteiger partial charge in [0.25, 0.3) is 0 Å². The van der Waals surface area contributed by atoms with E-state index in [9.17, 15) is 4.79 Å². The lowest BCUT2D eigenvalue weighted by Crippen LogP contribution is -2.14. The summed E-state index contributed by atoms with van der Waals surface area (Å²) < 4.78 is 0. The van der Waals surface area contributed by atoms with Crippen LogP contribution >= 0.6 is 11.6 Å². The molecule has 0 aliphatic carbocycles. The van der Waals surface area contributed by atoms with Crippen LogP contribution in [0.15, 0.2) is 60.8 Å². The number of aromatic nitrogens is 1. The zero-order valence-electron chi connectivity index (χ0n) is 14.7. The van der Waals surface area contributed by atoms with E-state index in [0.717, 1.165) is 16.8 Å². The smallest absolute Gasteiger partial charge is 0.228 e. The average molecular weight is 366 g/mol. The number of pyridine rings is 1. The lowest BCUT2D eigenvalue weighted by Gasteiger charge is -2.09.